The van der Waals surface area contributed by atoms with E-state index >= 15 is 0 Å². The number of hydrogen-bond acceptors (Lipinski definition) is 4. The molecular weight excluding hydrogens is 506 g/mol. The first-order chi connectivity index (χ1) is 15.6. The number of amides is 2. The zero-order chi connectivity index (χ0) is 24.6. The second kappa shape index (κ2) is 12.2. The van der Waals surface area contributed by atoms with E-state index in [1.807, 2.05) is 45.0 Å². The fourth-order valence-corrected chi connectivity index (χ4v) is 5.02. The summed E-state index contributed by atoms with van der Waals surface area (Å²) in [6.07, 6.45) is 2.24. The summed E-state index contributed by atoms with van der Waals surface area (Å²) in [6.45, 7) is 6.05. The van der Waals surface area contributed by atoms with Crippen LogP contribution in [0.3, 0.4) is 0 Å². The smallest absolute Gasteiger partial charge is 0.244 e. The maximum Gasteiger partial charge on any atom is 0.244 e. The van der Waals surface area contributed by atoms with Crippen molar-refractivity contribution in [2.75, 3.05) is 23.7 Å². The number of aryl methyl sites for hydroxylation is 1. The van der Waals surface area contributed by atoms with Gasteiger partial charge in [-0.25, -0.2) is 8.42 Å². The van der Waals surface area contributed by atoms with Crippen LogP contribution in [0.4, 0.5) is 5.69 Å². The van der Waals surface area contributed by atoms with Gasteiger partial charge < -0.3 is 10.2 Å². The van der Waals surface area contributed by atoms with Crippen LogP contribution in [0.2, 0.25) is 0 Å². The van der Waals surface area contributed by atoms with Crippen LogP contribution < -0.4 is 9.62 Å². The summed E-state index contributed by atoms with van der Waals surface area (Å²) in [5.41, 5.74) is 2.28. The van der Waals surface area contributed by atoms with Gasteiger partial charge in [-0.15, -0.1) is 0 Å². The molecule has 1 atom stereocenters. The highest BCUT2D eigenvalue weighted by Crippen LogP contribution is 2.28. The lowest BCUT2D eigenvalue weighted by Crippen LogP contribution is -2.52. The quantitative estimate of drug-likeness (QED) is 0.471. The summed E-state index contributed by atoms with van der Waals surface area (Å²) in [5.74, 6) is -0.691. The number of halogens is 1. The second-order valence-corrected chi connectivity index (χ2v) is 10.7. The number of carbonyl (C=O) groups is 2. The Morgan fingerprint density at radius 2 is 1.79 bits per heavy atom. The summed E-state index contributed by atoms with van der Waals surface area (Å²) >= 11 is 3.38. The average Bonchev–Trinajstić information content (AvgIpc) is 2.75. The van der Waals surface area contributed by atoms with E-state index in [0.717, 1.165) is 28.1 Å². The highest BCUT2D eigenvalue weighted by Gasteiger charge is 2.32. The lowest BCUT2D eigenvalue weighted by Gasteiger charge is -2.33. The monoisotopic (exact) mass is 537 g/mol. The zero-order valence-corrected chi connectivity index (χ0v) is 21.9. The van der Waals surface area contributed by atoms with E-state index in [4.69, 9.17) is 0 Å². The highest BCUT2D eigenvalue weighted by atomic mass is 79.9. The molecule has 0 unspecified atom stereocenters. The third-order valence-corrected chi connectivity index (χ3v) is 6.97. The molecule has 1 N–H and O–H groups in total. The van der Waals surface area contributed by atoms with Crippen LogP contribution in [0.1, 0.15) is 37.8 Å². The van der Waals surface area contributed by atoms with Gasteiger partial charge in [0.1, 0.15) is 12.6 Å². The Hall–Kier alpha value is -2.39. The lowest BCUT2D eigenvalue weighted by molar-refractivity contribution is -0.140. The second-order valence-electron chi connectivity index (χ2n) is 7.95. The van der Waals surface area contributed by atoms with Gasteiger partial charge in [0, 0.05) is 17.6 Å². The first-order valence-corrected chi connectivity index (χ1v) is 13.6. The molecule has 0 saturated heterocycles. The molecule has 7 nitrogen and oxygen atoms in total. The van der Waals surface area contributed by atoms with Gasteiger partial charge in [0.2, 0.25) is 21.8 Å². The van der Waals surface area contributed by atoms with Crippen molar-refractivity contribution in [3.05, 3.63) is 64.1 Å². The van der Waals surface area contributed by atoms with Crippen LogP contribution in [0.15, 0.2) is 53.0 Å². The largest absolute Gasteiger partial charge is 0.354 e. The van der Waals surface area contributed by atoms with Crippen molar-refractivity contribution in [1.82, 2.24) is 10.2 Å². The number of nitrogens with one attached hydrogen (secondary N) is 1. The Kier molecular flexibility index (Phi) is 9.91. The summed E-state index contributed by atoms with van der Waals surface area (Å²) < 4.78 is 26.9. The number of hydrogen-bond donors (Lipinski definition) is 1. The molecular formula is C24H32BrN3O4S. The number of sulfonamides is 1. The first kappa shape index (κ1) is 26.9. The standard InChI is InChI=1S/C24H32BrN3O4S/c1-5-14-26-24(30)21(6-2)27(16-19-11-9-10-18(3)15-19)23(29)17-28(33(4,31)32)22-13-8-7-12-20(22)25/h7-13,15,21H,5-6,14,16-17H2,1-4H3,(H,26,30)/t21-/m0/s1. The minimum absolute atomic E-state index is 0.201. The average molecular weight is 539 g/mol. The van der Waals surface area contributed by atoms with Gasteiger partial charge >= 0.3 is 0 Å². The number of nitrogens with zero attached hydrogens (tertiary/aromatic N) is 2. The molecule has 180 valence electrons. The Labute approximate surface area is 205 Å². The molecule has 0 heterocycles. The van der Waals surface area contributed by atoms with Crippen LogP contribution in [0, 0.1) is 6.92 Å². The summed E-state index contributed by atoms with van der Waals surface area (Å²) in [4.78, 5) is 28.0. The molecule has 0 aliphatic carbocycles. The number of carbonyl (C=O) groups excluding carboxylic acids is 2. The molecule has 0 aliphatic rings. The molecule has 2 amide bonds. The van der Waals surface area contributed by atoms with Gasteiger partial charge in [0.05, 0.1) is 11.9 Å². The minimum atomic E-state index is -3.76. The molecule has 0 saturated carbocycles. The number of rotatable bonds is 11. The molecule has 9 heteroatoms. The Bertz CT molecular complexity index is 1070. The van der Waals surface area contributed by atoms with E-state index in [9.17, 15) is 18.0 Å². The molecule has 0 aliphatic heterocycles. The molecule has 0 aromatic heterocycles. The Morgan fingerprint density at radius 1 is 1.09 bits per heavy atom. The fourth-order valence-electron chi connectivity index (χ4n) is 3.54. The zero-order valence-electron chi connectivity index (χ0n) is 19.5. The summed E-state index contributed by atoms with van der Waals surface area (Å²) in [7, 11) is -3.76. The van der Waals surface area contributed by atoms with E-state index < -0.39 is 28.5 Å². The third kappa shape index (κ3) is 7.57. The molecule has 0 spiro atoms. The molecule has 2 aromatic carbocycles. The van der Waals surface area contributed by atoms with Crippen LogP contribution in [0.25, 0.3) is 0 Å². The van der Waals surface area contributed by atoms with Crippen molar-refractivity contribution in [3.63, 3.8) is 0 Å². The van der Waals surface area contributed by atoms with Crippen LogP contribution >= 0.6 is 15.9 Å². The number of para-hydroxylation sites is 1. The van der Waals surface area contributed by atoms with E-state index in [1.54, 1.807) is 24.3 Å². The Morgan fingerprint density at radius 3 is 2.36 bits per heavy atom. The van der Waals surface area contributed by atoms with Gasteiger partial charge in [0.25, 0.3) is 0 Å². The van der Waals surface area contributed by atoms with E-state index in [0.29, 0.717) is 23.1 Å². The number of benzene rings is 2. The fraction of sp³-hybridized carbons (Fsp3) is 0.417. The first-order valence-electron chi connectivity index (χ1n) is 10.9. The van der Waals surface area contributed by atoms with Crippen LogP contribution in [-0.2, 0) is 26.2 Å². The predicted octanol–water partition coefficient (Wildman–Crippen LogP) is 3.86. The Balaban J connectivity index is 2.44. The van der Waals surface area contributed by atoms with Crippen molar-refractivity contribution in [2.24, 2.45) is 0 Å². The van der Waals surface area contributed by atoms with Crippen molar-refractivity contribution < 1.29 is 18.0 Å². The molecule has 0 radical (unpaired) electrons. The van der Waals surface area contributed by atoms with Gasteiger partial charge in [-0.3, -0.25) is 13.9 Å². The number of anilines is 1. The van der Waals surface area contributed by atoms with Gasteiger partial charge in [0.15, 0.2) is 0 Å². The lowest BCUT2D eigenvalue weighted by atomic mass is 10.1. The normalized spacial score (nSPS) is 12.2. The molecule has 2 rings (SSSR count). The SMILES string of the molecule is CCCNC(=O)[C@H](CC)N(Cc1cccc(C)c1)C(=O)CN(c1ccccc1Br)S(C)(=O)=O. The highest BCUT2D eigenvalue weighted by molar-refractivity contribution is 9.10. The van der Waals surface area contributed by atoms with E-state index in [-0.39, 0.29) is 12.5 Å². The predicted molar refractivity (Wildman–Crippen MR) is 135 cm³/mol. The summed E-state index contributed by atoms with van der Waals surface area (Å²) in [5, 5.41) is 2.87. The van der Waals surface area contributed by atoms with Crippen molar-refractivity contribution in [1.29, 1.82) is 0 Å². The van der Waals surface area contributed by atoms with E-state index in [1.165, 1.54) is 4.90 Å². The van der Waals surface area contributed by atoms with Crippen LogP contribution in [0.5, 0.6) is 0 Å². The molecule has 2 aromatic rings. The van der Waals surface area contributed by atoms with E-state index in [2.05, 4.69) is 21.2 Å². The van der Waals surface area contributed by atoms with Gasteiger partial charge in [-0.1, -0.05) is 55.8 Å². The summed E-state index contributed by atoms with van der Waals surface area (Å²) in [6, 6.07) is 13.8. The van der Waals surface area contributed by atoms with Gasteiger partial charge in [-0.05, 0) is 53.4 Å². The molecule has 0 fully saturated rings. The van der Waals surface area contributed by atoms with Gasteiger partial charge in [-0.2, -0.15) is 0 Å². The minimum Gasteiger partial charge on any atom is -0.354 e. The van der Waals surface area contributed by atoms with Crippen molar-refractivity contribution >= 4 is 43.5 Å². The van der Waals surface area contributed by atoms with Crippen molar-refractivity contribution in [3.8, 4) is 0 Å². The maximum atomic E-state index is 13.6. The maximum absolute atomic E-state index is 13.6. The third-order valence-electron chi connectivity index (χ3n) is 5.17. The molecule has 33 heavy (non-hydrogen) atoms. The van der Waals surface area contributed by atoms with Crippen molar-refractivity contribution in [2.45, 2.75) is 46.2 Å². The topological polar surface area (TPSA) is 86.8 Å². The van der Waals surface area contributed by atoms with Crippen LogP contribution in [-0.4, -0.2) is 50.5 Å². The molecule has 0 bridgehead atoms.